The molecular formula is C31H46N2O5S2. The number of nitrogens with zero attached hydrogens (tertiary/aromatic N) is 1. The van der Waals surface area contributed by atoms with E-state index in [0.717, 1.165) is 11.4 Å². The first-order chi connectivity index (χ1) is 19.2. The first-order valence-corrected chi connectivity index (χ1v) is 14.5. The number of rotatable bonds is 13. The number of aryl methyl sites for hydroxylation is 3. The number of ether oxygens (including phenoxy) is 2. The highest BCUT2D eigenvalue weighted by Crippen LogP contribution is 2.33. The molecule has 40 heavy (non-hydrogen) atoms. The zero-order chi connectivity index (χ0) is 30.9. The number of hydrogen-bond acceptors (Lipinski definition) is 7. The van der Waals surface area contributed by atoms with Gasteiger partial charge < -0.3 is 24.3 Å². The Kier molecular flexibility index (Phi) is 24.0. The summed E-state index contributed by atoms with van der Waals surface area (Å²) in [5.74, 6) is 2.75. The van der Waals surface area contributed by atoms with E-state index in [9.17, 15) is 4.79 Å². The number of methoxy groups -OCH3 is 2. The van der Waals surface area contributed by atoms with Gasteiger partial charge in [-0.3, -0.25) is 4.79 Å². The van der Waals surface area contributed by atoms with Gasteiger partial charge in [0.2, 0.25) is 0 Å². The molecule has 9 heteroatoms. The summed E-state index contributed by atoms with van der Waals surface area (Å²) in [5.41, 5.74) is 5.33. The highest BCUT2D eigenvalue weighted by atomic mass is 32.2. The average molecular weight is 591 g/mol. The van der Waals surface area contributed by atoms with Crippen LogP contribution in [0.15, 0.2) is 77.8 Å². The average Bonchev–Trinajstić information content (AvgIpc) is 3.38. The van der Waals surface area contributed by atoms with E-state index in [-0.39, 0.29) is 6.42 Å². The van der Waals surface area contributed by atoms with Gasteiger partial charge in [-0.15, -0.1) is 0 Å². The maximum Gasteiger partial charge on any atom is 0.303 e. The smallest absolute Gasteiger partial charge is 0.303 e. The molecule has 1 unspecified atom stereocenters. The second-order valence-electron chi connectivity index (χ2n) is 7.63. The van der Waals surface area contributed by atoms with Crippen LogP contribution in [0.1, 0.15) is 62.1 Å². The van der Waals surface area contributed by atoms with Crippen LogP contribution in [0.3, 0.4) is 0 Å². The van der Waals surface area contributed by atoms with Crippen LogP contribution in [0.2, 0.25) is 0 Å². The van der Waals surface area contributed by atoms with E-state index in [0.29, 0.717) is 34.8 Å². The lowest BCUT2D eigenvalue weighted by Gasteiger charge is -2.16. The maximum absolute atomic E-state index is 10.1. The van der Waals surface area contributed by atoms with Crippen LogP contribution >= 0.6 is 24.0 Å². The predicted molar refractivity (Wildman–Crippen MR) is 174 cm³/mol. The number of allylic oxidation sites excluding steroid dienone is 4. The Bertz CT molecular complexity index is 1080. The Labute approximate surface area is 250 Å². The number of aromatic nitrogens is 1. The number of benzene rings is 1. The monoisotopic (exact) mass is 590 g/mol. The van der Waals surface area contributed by atoms with E-state index in [1.807, 2.05) is 25.6 Å². The van der Waals surface area contributed by atoms with Gasteiger partial charge in [-0.2, -0.15) is 11.8 Å². The Morgan fingerprint density at radius 3 is 2.33 bits per heavy atom. The standard InChI is InChI=1S/C12H17NS2.C10H14O2.C7H9NO3.C2H6/c1-4-15-10(3)11-7-9(2)5-6-12(11)13-8-14;1-5-7-8-10(12-4)9(6-2)11-3;1-5-8-4-6(11-5)2-3-7(9)10;1-2/h5-8,10H,4H2,1-3H3,(H,13,14);5-8H,1-2H2,3-4H3;4H,2-3H2,1H3,(H,9,10);1-2H3/b;8-7-,10-9-;;. The van der Waals surface area contributed by atoms with Gasteiger partial charge in [0, 0.05) is 24.3 Å². The van der Waals surface area contributed by atoms with Crippen molar-refractivity contribution in [3.63, 3.8) is 0 Å². The van der Waals surface area contributed by atoms with Crippen molar-refractivity contribution < 1.29 is 23.8 Å². The number of nitrogens with one attached hydrogen (secondary N) is 1. The Hall–Kier alpha value is -3.30. The molecule has 0 aliphatic rings. The van der Waals surface area contributed by atoms with Crippen LogP contribution in [0.25, 0.3) is 0 Å². The number of anilines is 1. The summed E-state index contributed by atoms with van der Waals surface area (Å²) in [6.07, 6.45) is 8.83. The van der Waals surface area contributed by atoms with Crippen molar-refractivity contribution in [2.24, 2.45) is 0 Å². The number of thioether (sulfide) groups is 1. The number of oxazole rings is 1. The van der Waals surface area contributed by atoms with Gasteiger partial charge in [0.1, 0.15) is 5.76 Å². The molecule has 1 heterocycles. The van der Waals surface area contributed by atoms with Gasteiger partial charge in [0.05, 0.1) is 32.3 Å². The van der Waals surface area contributed by atoms with Crippen LogP contribution in [0, 0.1) is 13.8 Å². The molecule has 0 radical (unpaired) electrons. The van der Waals surface area contributed by atoms with Crippen molar-refractivity contribution in [3.8, 4) is 0 Å². The van der Waals surface area contributed by atoms with E-state index in [1.54, 1.807) is 57.1 Å². The largest absolute Gasteiger partial charge is 0.493 e. The lowest BCUT2D eigenvalue weighted by molar-refractivity contribution is -0.137. The summed E-state index contributed by atoms with van der Waals surface area (Å²) in [5, 5.41) is 11.9. The molecule has 0 spiro atoms. The summed E-state index contributed by atoms with van der Waals surface area (Å²) < 4.78 is 15.1. The Balaban J connectivity index is 0. The number of carboxylic acids is 1. The van der Waals surface area contributed by atoms with Crippen molar-refractivity contribution in [1.29, 1.82) is 0 Å². The second-order valence-corrected chi connectivity index (χ2v) is 9.48. The molecule has 1 aromatic heterocycles. The van der Waals surface area contributed by atoms with Crippen molar-refractivity contribution in [2.45, 2.75) is 59.6 Å². The van der Waals surface area contributed by atoms with Gasteiger partial charge in [0.25, 0.3) is 0 Å². The van der Waals surface area contributed by atoms with Gasteiger partial charge in [-0.25, -0.2) is 4.98 Å². The van der Waals surface area contributed by atoms with Crippen LogP contribution < -0.4 is 5.32 Å². The van der Waals surface area contributed by atoms with Gasteiger partial charge in [-0.1, -0.05) is 76.0 Å². The van der Waals surface area contributed by atoms with Crippen molar-refractivity contribution in [2.75, 3.05) is 25.3 Å². The molecule has 2 rings (SSSR count). The molecule has 0 fully saturated rings. The van der Waals surface area contributed by atoms with E-state index in [4.69, 9.17) is 31.2 Å². The Morgan fingerprint density at radius 1 is 1.23 bits per heavy atom. The molecule has 2 N–H and O–H groups in total. The fraction of sp³-hybridized carbons (Fsp3) is 0.387. The second kappa shape index (κ2) is 24.7. The normalized spacial score (nSPS) is 11.1. The molecule has 2 aromatic rings. The molecule has 0 saturated carbocycles. The Morgan fingerprint density at radius 2 is 1.88 bits per heavy atom. The lowest BCUT2D eigenvalue weighted by Crippen LogP contribution is -2.00. The van der Waals surface area contributed by atoms with Crippen LogP contribution in [0.4, 0.5) is 5.69 Å². The molecule has 0 saturated heterocycles. The minimum atomic E-state index is -0.820. The minimum absolute atomic E-state index is 0.0919. The fourth-order valence-corrected chi connectivity index (χ4v) is 4.00. The van der Waals surface area contributed by atoms with Gasteiger partial charge >= 0.3 is 5.97 Å². The predicted octanol–water partition coefficient (Wildman–Crippen LogP) is 8.62. The fourth-order valence-electron chi connectivity index (χ4n) is 2.99. The highest BCUT2D eigenvalue weighted by molar-refractivity contribution is 7.99. The van der Waals surface area contributed by atoms with Crippen molar-refractivity contribution >= 4 is 41.1 Å². The third-order valence-corrected chi connectivity index (χ3v) is 5.99. The quantitative estimate of drug-likeness (QED) is 0.135. The summed E-state index contributed by atoms with van der Waals surface area (Å²) in [7, 11) is 3.14. The molecule has 0 aliphatic heterocycles. The van der Waals surface area contributed by atoms with Crippen LogP contribution in [-0.2, 0) is 20.7 Å². The third kappa shape index (κ3) is 17.3. The first-order valence-electron chi connectivity index (χ1n) is 13.0. The number of carboxylic acid groups (broad SMARTS) is 1. The highest BCUT2D eigenvalue weighted by Gasteiger charge is 2.10. The van der Waals surface area contributed by atoms with Crippen molar-refractivity contribution in [3.05, 3.63) is 96.2 Å². The molecule has 7 nitrogen and oxygen atoms in total. The molecule has 222 valence electrons. The molecule has 1 aromatic carbocycles. The van der Waals surface area contributed by atoms with E-state index in [2.05, 4.69) is 62.4 Å². The summed E-state index contributed by atoms with van der Waals surface area (Å²) in [4.78, 5) is 14.0. The van der Waals surface area contributed by atoms with E-state index >= 15 is 0 Å². The number of carbonyl (C=O) groups is 1. The summed E-state index contributed by atoms with van der Waals surface area (Å²) >= 11 is 6.78. The SMILES string of the molecule is C=C/C=C\C(OC)=C(/C=C)OC.CC.CCSC(C)c1cc(C)ccc1NC=S.Cc1ncc(CCC(=O)O)o1. The molecule has 1 atom stereocenters. The number of aliphatic carboxylic acids is 1. The summed E-state index contributed by atoms with van der Waals surface area (Å²) in [6, 6.07) is 6.43. The van der Waals surface area contributed by atoms with Crippen molar-refractivity contribution in [1.82, 2.24) is 4.98 Å². The molecule has 0 amide bonds. The van der Waals surface area contributed by atoms with E-state index < -0.39 is 5.97 Å². The van der Waals surface area contributed by atoms with Gasteiger partial charge in [-0.05, 0) is 43.4 Å². The first kappa shape index (κ1) is 38.8. The summed E-state index contributed by atoms with van der Waals surface area (Å²) in [6.45, 7) is 19.4. The zero-order valence-electron chi connectivity index (χ0n) is 25.2. The lowest BCUT2D eigenvalue weighted by atomic mass is 10.1. The number of hydrogen-bond donors (Lipinski definition) is 2. The molecule has 0 bridgehead atoms. The van der Waals surface area contributed by atoms with Crippen LogP contribution in [0.5, 0.6) is 0 Å². The molecule has 0 aliphatic carbocycles. The maximum atomic E-state index is 10.1. The molecular weight excluding hydrogens is 544 g/mol. The third-order valence-electron chi connectivity index (χ3n) is 4.78. The zero-order valence-corrected chi connectivity index (χ0v) is 26.8. The topological polar surface area (TPSA) is 93.8 Å². The minimum Gasteiger partial charge on any atom is -0.493 e. The van der Waals surface area contributed by atoms with E-state index in [1.165, 1.54) is 11.1 Å². The van der Waals surface area contributed by atoms with Crippen LogP contribution in [-0.4, -0.2) is 41.5 Å². The number of thiocarbonyl (C=S) groups is 1. The van der Waals surface area contributed by atoms with Gasteiger partial charge in [0.15, 0.2) is 17.4 Å².